The fraction of sp³-hybridized carbons (Fsp3) is 0.125. The molecule has 2 heterocycles. The molecule has 6 nitrogen and oxygen atoms in total. The third-order valence-corrected chi connectivity index (χ3v) is 6.28. The zero-order valence-corrected chi connectivity index (χ0v) is 18.0. The number of nitriles is 1. The summed E-state index contributed by atoms with van der Waals surface area (Å²) >= 11 is 1.34. The van der Waals surface area contributed by atoms with Gasteiger partial charge in [-0.2, -0.15) is 5.26 Å². The summed E-state index contributed by atoms with van der Waals surface area (Å²) < 4.78 is 0.691. The zero-order valence-electron chi connectivity index (χ0n) is 17.2. The van der Waals surface area contributed by atoms with Crippen molar-refractivity contribution in [3.05, 3.63) is 70.8 Å². The van der Waals surface area contributed by atoms with Gasteiger partial charge in [0, 0.05) is 11.3 Å². The van der Waals surface area contributed by atoms with Crippen LogP contribution >= 0.6 is 11.3 Å². The SMILES string of the molecule is CCc1ccc(Nc2sc3c(-c4ccc(C)cc4)c(C#N)c(N)nc3c2C(N)=O)cc1. The van der Waals surface area contributed by atoms with Crippen LogP contribution < -0.4 is 16.8 Å². The third kappa shape index (κ3) is 3.69. The van der Waals surface area contributed by atoms with E-state index in [0.29, 0.717) is 20.8 Å². The molecular weight excluding hydrogens is 406 g/mol. The van der Waals surface area contributed by atoms with Crippen molar-refractivity contribution in [3.63, 3.8) is 0 Å². The third-order valence-electron chi connectivity index (χ3n) is 5.17. The molecule has 5 N–H and O–H groups in total. The summed E-state index contributed by atoms with van der Waals surface area (Å²) in [6.45, 7) is 4.09. The number of amides is 1. The fourth-order valence-electron chi connectivity index (χ4n) is 3.50. The van der Waals surface area contributed by atoms with Crippen molar-refractivity contribution in [1.82, 2.24) is 4.98 Å². The summed E-state index contributed by atoms with van der Waals surface area (Å²) in [5, 5.41) is 13.6. The van der Waals surface area contributed by atoms with E-state index >= 15 is 0 Å². The molecule has 0 saturated heterocycles. The first-order valence-corrected chi connectivity index (χ1v) is 10.6. The van der Waals surface area contributed by atoms with Crippen LogP contribution in [0.15, 0.2) is 48.5 Å². The number of hydrogen-bond acceptors (Lipinski definition) is 6. The number of nitrogens with two attached hydrogens (primary N) is 2. The average molecular weight is 428 g/mol. The number of nitrogen functional groups attached to an aromatic ring is 1. The average Bonchev–Trinajstić information content (AvgIpc) is 3.11. The summed E-state index contributed by atoms with van der Waals surface area (Å²) in [5.41, 5.74) is 17.4. The number of pyridine rings is 1. The molecule has 0 spiro atoms. The molecule has 31 heavy (non-hydrogen) atoms. The van der Waals surface area contributed by atoms with E-state index in [0.717, 1.165) is 23.2 Å². The van der Waals surface area contributed by atoms with Crippen LogP contribution in [-0.4, -0.2) is 10.9 Å². The Kier molecular flexibility index (Phi) is 5.32. The van der Waals surface area contributed by atoms with Crippen LogP contribution in [0, 0.1) is 18.3 Å². The van der Waals surface area contributed by atoms with Gasteiger partial charge >= 0.3 is 0 Å². The van der Waals surface area contributed by atoms with Crippen LogP contribution in [0.4, 0.5) is 16.5 Å². The Hall–Kier alpha value is -3.89. The van der Waals surface area contributed by atoms with Gasteiger partial charge in [-0.15, -0.1) is 11.3 Å². The van der Waals surface area contributed by atoms with Gasteiger partial charge in [-0.1, -0.05) is 48.9 Å². The number of primary amides is 1. The van der Waals surface area contributed by atoms with Gasteiger partial charge in [0.1, 0.15) is 28.0 Å². The molecule has 4 aromatic rings. The largest absolute Gasteiger partial charge is 0.383 e. The highest BCUT2D eigenvalue weighted by atomic mass is 32.1. The van der Waals surface area contributed by atoms with E-state index in [1.54, 1.807) is 0 Å². The maximum absolute atomic E-state index is 12.4. The monoisotopic (exact) mass is 427 g/mol. The summed E-state index contributed by atoms with van der Waals surface area (Å²) in [7, 11) is 0. The Morgan fingerprint density at radius 3 is 2.42 bits per heavy atom. The first-order valence-electron chi connectivity index (χ1n) is 9.81. The lowest BCUT2D eigenvalue weighted by molar-refractivity contribution is 0.100. The highest BCUT2D eigenvalue weighted by Gasteiger charge is 2.25. The Morgan fingerprint density at radius 1 is 1.16 bits per heavy atom. The molecule has 1 amide bonds. The molecular formula is C24H21N5OS. The molecule has 0 aliphatic rings. The number of aromatic nitrogens is 1. The smallest absolute Gasteiger partial charge is 0.253 e. The predicted octanol–water partition coefficient (Wildman–Crippen LogP) is 5.13. The number of benzene rings is 2. The molecule has 7 heteroatoms. The Labute approximate surface area is 184 Å². The Balaban J connectivity index is 1.97. The number of nitrogens with one attached hydrogen (secondary N) is 1. The number of nitrogens with zero attached hydrogens (tertiary/aromatic N) is 2. The molecule has 154 valence electrons. The van der Waals surface area contributed by atoms with E-state index in [-0.39, 0.29) is 16.9 Å². The molecule has 0 aliphatic carbocycles. The standard InChI is InChI=1S/C24H21N5OS/c1-3-14-6-10-16(11-7-14)28-24-19(23(27)30)20-21(31-24)18(17(12-25)22(26)29-20)15-8-4-13(2)5-9-15/h4-11,28H,3H2,1-2H3,(H2,26,29)(H2,27,30). The van der Waals surface area contributed by atoms with Crippen molar-refractivity contribution >= 4 is 44.0 Å². The quantitative estimate of drug-likeness (QED) is 0.408. The minimum atomic E-state index is -0.606. The van der Waals surface area contributed by atoms with Gasteiger partial charge in [0.05, 0.1) is 10.2 Å². The van der Waals surface area contributed by atoms with Crippen LogP contribution in [0.5, 0.6) is 0 Å². The van der Waals surface area contributed by atoms with Gasteiger partial charge in [0.2, 0.25) is 0 Å². The number of aryl methyl sites for hydroxylation is 2. The summed E-state index contributed by atoms with van der Waals surface area (Å²) in [4.78, 5) is 16.8. The van der Waals surface area contributed by atoms with E-state index < -0.39 is 5.91 Å². The molecule has 0 radical (unpaired) electrons. The second-order valence-corrected chi connectivity index (χ2v) is 8.27. The molecule has 0 atom stereocenters. The number of carbonyl (C=O) groups is 1. The van der Waals surface area contributed by atoms with E-state index in [4.69, 9.17) is 11.5 Å². The van der Waals surface area contributed by atoms with Gasteiger partial charge in [0.25, 0.3) is 5.91 Å². The van der Waals surface area contributed by atoms with E-state index in [2.05, 4.69) is 23.3 Å². The van der Waals surface area contributed by atoms with Crippen molar-refractivity contribution in [1.29, 1.82) is 5.26 Å². The lowest BCUT2D eigenvalue weighted by Gasteiger charge is -2.09. The number of carbonyl (C=O) groups excluding carboxylic acids is 1. The zero-order chi connectivity index (χ0) is 22.1. The van der Waals surface area contributed by atoms with Crippen LogP contribution in [0.2, 0.25) is 0 Å². The number of hydrogen-bond donors (Lipinski definition) is 3. The summed E-state index contributed by atoms with van der Waals surface area (Å²) in [6.07, 6.45) is 0.940. The van der Waals surface area contributed by atoms with Gasteiger partial charge in [0.15, 0.2) is 0 Å². The van der Waals surface area contributed by atoms with Crippen LogP contribution in [0.25, 0.3) is 21.3 Å². The van der Waals surface area contributed by atoms with Crippen molar-refractivity contribution < 1.29 is 4.79 Å². The van der Waals surface area contributed by atoms with E-state index in [9.17, 15) is 10.1 Å². The fourth-order valence-corrected chi connectivity index (χ4v) is 4.74. The molecule has 2 aromatic carbocycles. The topological polar surface area (TPSA) is 118 Å². The minimum absolute atomic E-state index is 0.0738. The van der Waals surface area contributed by atoms with Gasteiger partial charge in [-0.05, 0) is 36.6 Å². The summed E-state index contributed by atoms with van der Waals surface area (Å²) in [5.74, 6) is -0.532. The normalized spacial score (nSPS) is 10.7. The molecule has 0 fully saturated rings. The molecule has 0 saturated carbocycles. The molecule has 0 aliphatic heterocycles. The van der Waals surface area contributed by atoms with Crippen LogP contribution in [0.3, 0.4) is 0 Å². The Bertz CT molecular complexity index is 1330. The number of fused-ring (bicyclic) bond motifs is 1. The van der Waals surface area contributed by atoms with Gasteiger partial charge < -0.3 is 16.8 Å². The molecule has 0 unspecified atom stereocenters. The number of thiophene rings is 1. The van der Waals surface area contributed by atoms with Crippen molar-refractivity contribution in [2.45, 2.75) is 20.3 Å². The first kappa shape index (κ1) is 20.4. The van der Waals surface area contributed by atoms with E-state index in [1.165, 1.54) is 16.9 Å². The Morgan fingerprint density at radius 2 is 1.84 bits per heavy atom. The first-order chi connectivity index (χ1) is 14.9. The lowest BCUT2D eigenvalue weighted by atomic mass is 9.99. The lowest BCUT2D eigenvalue weighted by Crippen LogP contribution is -2.13. The molecule has 4 rings (SSSR count). The number of anilines is 3. The second-order valence-electron chi connectivity index (χ2n) is 7.25. The van der Waals surface area contributed by atoms with Crippen molar-refractivity contribution in [2.24, 2.45) is 5.73 Å². The van der Waals surface area contributed by atoms with Gasteiger partial charge in [-0.25, -0.2) is 4.98 Å². The van der Waals surface area contributed by atoms with E-state index in [1.807, 2.05) is 55.5 Å². The minimum Gasteiger partial charge on any atom is -0.383 e. The van der Waals surface area contributed by atoms with Gasteiger partial charge in [-0.3, -0.25) is 4.79 Å². The summed E-state index contributed by atoms with van der Waals surface area (Å²) in [6, 6.07) is 17.9. The second kappa shape index (κ2) is 8.09. The maximum atomic E-state index is 12.4. The van der Waals surface area contributed by atoms with Crippen molar-refractivity contribution in [3.8, 4) is 17.2 Å². The number of rotatable bonds is 5. The highest BCUT2D eigenvalue weighted by molar-refractivity contribution is 7.24. The van der Waals surface area contributed by atoms with Crippen molar-refractivity contribution in [2.75, 3.05) is 11.1 Å². The molecule has 0 bridgehead atoms. The van der Waals surface area contributed by atoms with Crippen LogP contribution in [-0.2, 0) is 6.42 Å². The molecule has 2 aromatic heterocycles. The maximum Gasteiger partial charge on any atom is 0.253 e. The predicted molar refractivity (Wildman–Crippen MR) is 127 cm³/mol. The highest BCUT2D eigenvalue weighted by Crippen LogP contribution is 2.44. The van der Waals surface area contributed by atoms with Crippen LogP contribution in [0.1, 0.15) is 34.0 Å².